The van der Waals surface area contributed by atoms with Gasteiger partial charge >= 0.3 is 6.03 Å². The van der Waals surface area contributed by atoms with E-state index in [-0.39, 0.29) is 6.03 Å². The molecule has 3 nitrogen and oxygen atoms in total. The van der Waals surface area contributed by atoms with Gasteiger partial charge in [-0.05, 0) is 56.6 Å². The number of piperidine rings is 1. The maximum Gasteiger partial charge on any atom is 0.321 e. The molecule has 1 aliphatic heterocycles. The molecule has 2 atom stereocenters. The third-order valence-corrected chi connectivity index (χ3v) is 5.49. The Balaban J connectivity index is 1.67. The number of hydrogen-bond acceptors (Lipinski definition) is 1. The topological polar surface area (TPSA) is 32.3 Å². The zero-order valence-electron chi connectivity index (χ0n) is 14.1. The lowest BCUT2D eigenvalue weighted by Gasteiger charge is -2.41. The van der Waals surface area contributed by atoms with Crippen molar-refractivity contribution in [3.63, 3.8) is 0 Å². The van der Waals surface area contributed by atoms with E-state index in [4.69, 9.17) is 0 Å². The normalized spacial score (nSPS) is 24.8. The maximum atomic E-state index is 12.6. The van der Waals surface area contributed by atoms with E-state index < -0.39 is 0 Å². The van der Waals surface area contributed by atoms with Crippen LogP contribution in [0.15, 0.2) is 12.1 Å². The van der Waals surface area contributed by atoms with Gasteiger partial charge < -0.3 is 10.2 Å². The fourth-order valence-corrected chi connectivity index (χ4v) is 4.35. The standard InChI is InChI=1S/C19H28N2O/c1-13-10-14(2)18(15(3)11-13)20-19(22)21-9-8-16-6-4-5-7-17(16)12-21/h10-11,16-17H,4-9,12H2,1-3H3,(H,20,22)/t16-,17-/m0/s1. The fourth-order valence-electron chi connectivity index (χ4n) is 4.35. The molecule has 1 saturated heterocycles. The van der Waals surface area contributed by atoms with Gasteiger partial charge in [0, 0.05) is 18.8 Å². The van der Waals surface area contributed by atoms with Crippen LogP contribution in [0.25, 0.3) is 0 Å². The molecule has 3 heteroatoms. The molecule has 1 N–H and O–H groups in total. The van der Waals surface area contributed by atoms with Gasteiger partial charge in [-0.2, -0.15) is 0 Å². The van der Waals surface area contributed by atoms with Crippen LogP contribution in [0.4, 0.5) is 10.5 Å². The molecule has 2 amide bonds. The highest BCUT2D eigenvalue weighted by molar-refractivity contribution is 5.91. The summed E-state index contributed by atoms with van der Waals surface area (Å²) in [4.78, 5) is 14.7. The Kier molecular flexibility index (Phi) is 4.42. The molecule has 2 aliphatic rings. The van der Waals surface area contributed by atoms with Gasteiger partial charge in [-0.15, -0.1) is 0 Å². The van der Waals surface area contributed by atoms with Gasteiger partial charge in [0.2, 0.25) is 0 Å². The Hall–Kier alpha value is -1.51. The van der Waals surface area contributed by atoms with Crippen molar-refractivity contribution in [1.82, 2.24) is 4.90 Å². The monoisotopic (exact) mass is 300 g/mol. The minimum absolute atomic E-state index is 0.0825. The summed E-state index contributed by atoms with van der Waals surface area (Å²) in [5.41, 5.74) is 4.54. The molecule has 3 rings (SSSR count). The van der Waals surface area contributed by atoms with Crippen LogP contribution >= 0.6 is 0 Å². The number of nitrogens with one attached hydrogen (secondary N) is 1. The Morgan fingerprint density at radius 3 is 2.36 bits per heavy atom. The summed E-state index contributed by atoms with van der Waals surface area (Å²) in [6.45, 7) is 8.10. The highest BCUT2D eigenvalue weighted by Crippen LogP contribution is 2.36. The highest BCUT2D eigenvalue weighted by Gasteiger charge is 2.33. The summed E-state index contributed by atoms with van der Waals surface area (Å²) < 4.78 is 0. The SMILES string of the molecule is Cc1cc(C)c(NC(=O)N2CC[C@@H]3CCCC[C@H]3C2)c(C)c1. The zero-order valence-corrected chi connectivity index (χ0v) is 14.1. The molecule has 0 bridgehead atoms. The molecule has 0 spiro atoms. The predicted octanol–water partition coefficient (Wildman–Crippen LogP) is 4.66. The molecule has 120 valence electrons. The van der Waals surface area contributed by atoms with Crippen molar-refractivity contribution in [2.75, 3.05) is 18.4 Å². The van der Waals surface area contributed by atoms with E-state index in [1.165, 1.54) is 37.7 Å². The third-order valence-electron chi connectivity index (χ3n) is 5.49. The summed E-state index contributed by atoms with van der Waals surface area (Å²) in [5.74, 6) is 1.59. The molecule has 1 aliphatic carbocycles. The number of benzene rings is 1. The molecular formula is C19H28N2O. The van der Waals surface area contributed by atoms with Crippen molar-refractivity contribution in [3.8, 4) is 0 Å². The van der Waals surface area contributed by atoms with Gasteiger partial charge in [-0.25, -0.2) is 4.79 Å². The second kappa shape index (κ2) is 6.31. The zero-order chi connectivity index (χ0) is 15.7. The van der Waals surface area contributed by atoms with Crippen molar-refractivity contribution >= 4 is 11.7 Å². The average molecular weight is 300 g/mol. The van der Waals surface area contributed by atoms with Gasteiger partial charge in [-0.3, -0.25) is 0 Å². The molecule has 22 heavy (non-hydrogen) atoms. The summed E-state index contributed by atoms with van der Waals surface area (Å²) >= 11 is 0. The van der Waals surface area contributed by atoms with E-state index in [0.717, 1.165) is 41.7 Å². The number of carbonyl (C=O) groups is 1. The maximum absolute atomic E-state index is 12.6. The summed E-state index contributed by atoms with van der Waals surface area (Å²) in [7, 11) is 0. The smallest absolute Gasteiger partial charge is 0.321 e. The second-order valence-electron chi connectivity index (χ2n) is 7.24. The molecule has 1 aromatic carbocycles. The average Bonchev–Trinajstić information content (AvgIpc) is 2.50. The Morgan fingerprint density at radius 2 is 1.68 bits per heavy atom. The number of carbonyl (C=O) groups excluding carboxylic acids is 1. The number of amides is 2. The highest BCUT2D eigenvalue weighted by atomic mass is 16.2. The van der Waals surface area contributed by atoms with Crippen LogP contribution in [-0.2, 0) is 0 Å². The van der Waals surface area contributed by atoms with E-state index in [2.05, 4.69) is 38.2 Å². The van der Waals surface area contributed by atoms with Gasteiger partial charge in [0.1, 0.15) is 0 Å². The number of likely N-dealkylation sites (tertiary alicyclic amines) is 1. The van der Waals surface area contributed by atoms with Crippen molar-refractivity contribution in [1.29, 1.82) is 0 Å². The summed E-state index contributed by atoms with van der Waals surface area (Å²) in [6, 6.07) is 4.35. The largest absolute Gasteiger partial charge is 0.324 e. The van der Waals surface area contributed by atoms with Crippen molar-refractivity contribution < 1.29 is 4.79 Å². The number of hydrogen-bond donors (Lipinski definition) is 1. The lowest BCUT2D eigenvalue weighted by atomic mass is 9.75. The molecule has 0 unspecified atom stereocenters. The molecule has 1 saturated carbocycles. The fraction of sp³-hybridized carbons (Fsp3) is 0.632. The Morgan fingerprint density at radius 1 is 1.05 bits per heavy atom. The minimum atomic E-state index is 0.0825. The van der Waals surface area contributed by atoms with E-state index in [1.807, 2.05) is 4.90 Å². The van der Waals surface area contributed by atoms with E-state index in [1.54, 1.807) is 0 Å². The first-order valence-electron chi connectivity index (χ1n) is 8.68. The van der Waals surface area contributed by atoms with Crippen LogP contribution in [0, 0.1) is 32.6 Å². The molecular weight excluding hydrogens is 272 g/mol. The lowest BCUT2D eigenvalue weighted by Crippen LogP contribution is -2.46. The van der Waals surface area contributed by atoms with E-state index in [9.17, 15) is 4.79 Å². The number of aryl methyl sites for hydroxylation is 3. The van der Waals surface area contributed by atoms with Gasteiger partial charge in [0.25, 0.3) is 0 Å². The van der Waals surface area contributed by atoms with Crippen LogP contribution in [0.3, 0.4) is 0 Å². The summed E-state index contributed by atoms with van der Waals surface area (Å²) in [5, 5.41) is 3.16. The number of anilines is 1. The number of urea groups is 1. The first kappa shape index (κ1) is 15.4. The van der Waals surface area contributed by atoms with E-state index >= 15 is 0 Å². The van der Waals surface area contributed by atoms with Gasteiger partial charge in [0.05, 0.1) is 0 Å². The lowest BCUT2D eigenvalue weighted by molar-refractivity contribution is 0.108. The number of nitrogens with zero attached hydrogens (tertiary/aromatic N) is 1. The Bertz CT molecular complexity index is 544. The quantitative estimate of drug-likeness (QED) is 0.804. The van der Waals surface area contributed by atoms with Gasteiger partial charge in [-0.1, -0.05) is 37.0 Å². The number of fused-ring (bicyclic) bond motifs is 1. The third kappa shape index (κ3) is 3.13. The molecule has 1 aromatic rings. The number of rotatable bonds is 1. The van der Waals surface area contributed by atoms with Crippen LogP contribution in [-0.4, -0.2) is 24.0 Å². The molecule has 0 radical (unpaired) electrons. The summed E-state index contributed by atoms with van der Waals surface area (Å²) in [6.07, 6.45) is 6.58. The molecule has 1 heterocycles. The Labute approximate surface area is 134 Å². The van der Waals surface area contributed by atoms with E-state index in [0.29, 0.717) is 0 Å². The minimum Gasteiger partial charge on any atom is -0.324 e. The first-order chi connectivity index (χ1) is 10.5. The molecule has 0 aromatic heterocycles. The van der Waals surface area contributed by atoms with Crippen LogP contribution < -0.4 is 5.32 Å². The van der Waals surface area contributed by atoms with Crippen LogP contribution in [0.5, 0.6) is 0 Å². The van der Waals surface area contributed by atoms with Crippen LogP contribution in [0.1, 0.15) is 48.8 Å². The van der Waals surface area contributed by atoms with Crippen molar-refractivity contribution in [2.24, 2.45) is 11.8 Å². The van der Waals surface area contributed by atoms with Crippen LogP contribution in [0.2, 0.25) is 0 Å². The first-order valence-corrected chi connectivity index (χ1v) is 8.68. The van der Waals surface area contributed by atoms with Crippen molar-refractivity contribution in [2.45, 2.75) is 52.9 Å². The molecule has 2 fully saturated rings. The second-order valence-corrected chi connectivity index (χ2v) is 7.24. The predicted molar refractivity (Wildman–Crippen MR) is 91.3 cm³/mol. The van der Waals surface area contributed by atoms with Gasteiger partial charge in [0.15, 0.2) is 0 Å². The van der Waals surface area contributed by atoms with Crippen molar-refractivity contribution in [3.05, 3.63) is 28.8 Å².